The molecule has 0 bridgehead atoms. The summed E-state index contributed by atoms with van der Waals surface area (Å²) in [6, 6.07) is 8.17. The zero-order valence-electron chi connectivity index (χ0n) is 18.9. The van der Waals surface area contributed by atoms with Gasteiger partial charge in [0.25, 0.3) is 0 Å². The maximum Gasteiger partial charge on any atom is 0.181 e. The second kappa shape index (κ2) is 9.51. The van der Waals surface area contributed by atoms with Crippen molar-refractivity contribution in [2.45, 2.75) is 32.1 Å². The van der Waals surface area contributed by atoms with E-state index in [2.05, 4.69) is 32.9 Å². The first kappa shape index (κ1) is 21.3. The van der Waals surface area contributed by atoms with Gasteiger partial charge in [-0.1, -0.05) is 12.1 Å². The van der Waals surface area contributed by atoms with Crippen LogP contribution in [0.1, 0.15) is 31.4 Å². The van der Waals surface area contributed by atoms with Gasteiger partial charge in [0.2, 0.25) is 0 Å². The SMILES string of the molecule is CN1CCN(CC2CCC(C(=O)Cc3cc4cc(-c5cnco5)ccc4cn3)CC2)CC1. The number of likely N-dealkylation sites (N-methyl/N-ethyl adjacent to an activating group) is 1. The van der Waals surface area contributed by atoms with E-state index in [0.717, 1.165) is 46.5 Å². The van der Waals surface area contributed by atoms with Crippen LogP contribution >= 0.6 is 0 Å². The molecule has 5 rings (SSSR count). The molecule has 2 aliphatic rings. The Kier molecular flexibility index (Phi) is 6.32. The van der Waals surface area contributed by atoms with Gasteiger partial charge in [-0.25, -0.2) is 4.98 Å². The fourth-order valence-electron chi connectivity index (χ4n) is 5.18. The average Bonchev–Trinajstić information content (AvgIpc) is 3.36. The van der Waals surface area contributed by atoms with E-state index in [1.54, 1.807) is 6.20 Å². The van der Waals surface area contributed by atoms with Gasteiger partial charge in [-0.05, 0) is 56.2 Å². The average molecular weight is 433 g/mol. The summed E-state index contributed by atoms with van der Waals surface area (Å²) < 4.78 is 5.42. The molecule has 0 amide bonds. The van der Waals surface area contributed by atoms with Gasteiger partial charge in [0, 0.05) is 67.9 Å². The Bertz CT molecular complexity index is 1050. The van der Waals surface area contributed by atoms with Crippen molar-refractivity contribution >= 4 is 16.6 Å². The smallest absolute Gasteiger partial charge is 0.181 e. The van der Waals surface area contributed by atoms with E-state index >= 15 is 0 Å². The van der Waals surface area contributed by atoms with Crippen LogP contribution in [-0.4, -0.2) is 65.3 Å². The fourth-order valence-corrected chi connectivity index (χ4v) is 5.18. The molecule has 0 atom stereocenters. The van der Waals surface area contributed by atoms with Crippen molar-refractivity contribution < 1.29 is 9.21 Å². The van der Waals surface area contributed by atoms with Crippen molar-refractivity contribution in [3.63, 3.8) is 0 Å². The minimum absolute atomic E-state index is 0.191. The van der Waals surface area contributed by atoms with Crippen LogP contribution in [0.15, 0.2) is 47.5 Å². The number of hydrogen-bond donors (Lipinski definition) is 0. The molecule has 6 heteroatoms. The molecule has 3 aromatic rings. The molecule has 0 spiro atoms. The number of pyridine rings is 1. The third-order valence-corrected chi connectivity index (χ3v) is 7.26. The lowest BCUT2D eigenvalue weighted by atomic mass is 9.79. The van der Waals surface area contributed by atoms with Crippen molar-refractivity contribution in [1.82, 2.24) is 19.8 Å². The van der Waals surface area contributed by atoms with Crippen molar-refractivity contribution in [2.24, 2.45) is 11.8 Å². The number of carbonyl (C=O) groups is 1. The highest BCUT2D eigenvalue weighted by Gasteiger charge is 2.28. The molecule has 32 heavy (non-hydrogen) atoms. The first-order valence-electron chi connectivity index (χ1n) is 11.9. The molecule has 1 saturated carbocycles. The number of ketones is 1. The van der Waals surface area contributed by atoms with Gasteiger partial charge in [0.05, 0.1) is 6.20 Å². The summed E-state index contributed by atoms with van der Waals surface area (Å²) in [6.45, 7) is 5.91. The number of hydrogen-bond acceptors (Lipinski definition) is 6. The third kappa shape index (κ3) is 4.92. The van der Waals surface area contributed by atoms with E-state index in [1.807, 2.05) is 24.4 Å². The minimum atomic E-state index is 0.191. The summed E-state index contributed by atoms with van der Waals surface area (Å²) in [5, 5.41) is 2.14. The number of piperazine rings is 1. The number of nitrogens with zero attached hydrogens (tertiary/aromatic N) is 4. The maximum atomic E-state index is 13.0. The molecular formula is C26H32N4O2. The molecule has 1 aliphatic carbocycles. The summed E-state index contributed by atoms with van der Waals surface area (Å²) in [7, 11) is 2.20. The summed E-state index contributed by atoms with van der Waals surface area (Å²) >= 11 is 0. The van der Waals surface area contributed by atoms with Crippen molar-refractivity contribution in [3.05, 3.63) is 48.7 Å². The molecule has 3 heterocycles. The lowest BCUT2D eigenvalue weighted by Crippen LogP contribution is -2.46. The Balaban J connectivity index is 1.17. The summed E-state index contributed by atoms with van der Waals surface area (Å²) in [5.41, 5.74) is 1.84. The summed E-state index contributed by atoms with van der Waals surface area (Å²) in [5.74, 6) is 2.03. The van der Waals surface area contributed by atoms with E-state index < -0.39 is 0 Å². The second-order valence-electron chi connectivity index (χ2n) is 9.57. The van der Waals surface area contributed by atoms with Gasteiger partial charge >= 0.3 is 0 Å². The summed E-state index contributed by atoms with van der Waals surface area (Å²) in [4.78, 5) is 26.6. The molecule has 1 saturated heterocycles. The highest BCUT2D eigenvalue weighted by atomic mass is 16.3. The van der Waals surface area contributed by atoms with E-state index in [-0.39, 0.29) is 5.92 Å². The molecule has 1 aromatic carbocycles. The first-order chi connectivity index (χ1) is 15.6. The molecule has 0 N–H and O–H groups in total. The standard InChI is InChI=1S/C26H32N4O2/c1-29-8-10-30(11-9-29)17-19-2-4-20(5-3-19)25(31)14-24-13-23-12-21(26-16-27-18-32-26)6-7-22(23)15-28-24/h6-7,12-13,15-16,18-20H,2-5,8-11,14,17H2,1H3. The summed E-state index contributed by atoms with van der Waals surface area (Å²) in [6.07, 6.45) is 9.86. The molecule has 6 nitrogen and oxygen atoms in total. The lowest BCUT2D eigenvalue weighted by Gasteiger charge is -2.36. The topological polar surface area (TPSA) is 62.5 Å². The van der Waals surface area contributed by atoms with E-state index in [1.165, 1.54) is 52.0 Å². The molecule has 2 aromatic heterocycles. The van der Waals surface area contributed by atoms with Gasteiger partial charge in [0.1, 0.15) is 5.78 Å². The Morgan fingerprint density at radius 3 is 2.59 bits per heavy atom. The quantitative estimate of drug-likeness (QED) is 0.586. The largest absolute Gasteiger partial charge is 0.444 e. The Morgan fingerprint density at radius 1 is 1.03 bits per heavy atom. The Morgan fingerprint density at radius 2 is 1.84 bits per heavy atom. The van der Waals surface area contributed by atoms with Crippen LogP contribution in [-0.2, 0) is 11.2 Å². The van der Waals surface area contributed by atoms with Crippen molar-refractivity contribution in [1.29, 1.82) is 0 Å². The number of Topliss-reactive ketones (excluding diaryl/α,β-unsaturated/α-hetero) is 1. The van der Waals surface area contributed by atoms with Crippen LogP contribution in [0.4, 0.5) is 0 Å². The van der Waals surface area contributed by atoms with Gasteiger partial charge in [-0.15, -0.1) is 0 Å². The number of rotatable bonds is 6. The van der Waals surface area contributed by atoms with Gasteiger partial charge in [-0.3, -0.25) is 9.78 Å². The number of carbonyl (C=O) groups excluding carboxylic acids is 1. The minimum Gasteiger partial charge on any atom is -0.444 e. The van der Waals surface area contributed by atoms with E-state index in [0.29, 0.717) is 12.2 Å². The fraction of sp³-hybridized carbons (Fsp3) is 0.500. The molecule has 2 fully saturated rings. The molecule has 1 aliphatic heterocycles. The number of benzene rings is 1. The Hall–Kier alpha value is -2.57. The molecule has 168 valence electrons. The van der Waals surface area contributed by atoms with Crippen LogP contribution in [0, 0.1) is 11.8 Å². The molecule has 0 unspecified atom stereocenters. The number of fused-ring (bicyclic) bond motifs is 1. The van der Waals surface area contributed by atoms with E-state index in [9.17, 15) is 4.79 Å². The van der Waals surface area contributed by atoms with Gasteiger partial charge in [0.15, 0.2) is 12.2 Å². The molecule has 0 radical (unpaired) electrons. The highest BCUT2D eigenvalue weighted by Crippen LogP contribution is 2.31. The predicted octanol–water partition coefficient (Wildman–Crippen LogP) is 4.06. The zero-order valence-corrected chi connectivity index (χ0v) is 18.9. The highest BCUT2D eigenvalue weighted by molar-refractivity contribution is 5.88. The maximum absolute atomic E-state index is 13.0. The lowest BCUT2D eigenvalue weighted by molar-refractivity contribution is -0.123. The van der Waals surface area contributed by atoms with Crippen molar-refractivity contribution in [3.8, 4) is 11.3 Å². The number of oxazole rings is 1. The Labute approximate surface area is 189 Å². The zero-order chi connectivity index (χ0) is 21.9. The van der Waals surface area contributed by atoms with Crippen LogP contribution < -0.4 is 0 Å². The third-order valence-electron chi connectivity index (χ3n) is 7.26. The normalized spacial score (nSPS) is 22.9. The predicted molar refractivity (Wildman–Crippen MR) is 125 cm³/mol. The van der Waals surface area contributed by atoms with Crippen LogP contribution in [0.2, 0.25) is 0 Å². The second-order valence-corrected chi connectivity index (χ2v) is 9.57. The monoisotopic (exact) mass is 432 g/mol. The molecular weight excluding hydrogens is 400 g/mol. The van der Waals surface area contributed by atoms with Crippen LogP contribution in [0.5, 0.6) is 0 Å². The van der Waals surface area contributed by atoms with Gasteiger partial charge in [-0.2, -0.15) is 0 Å². The van der Waals surface area contributed by atoms with Crippen molar-refractivity contribution in [2.75, 3.05) is 39.8 Å². The van der Waals surface area contributed by atoms with Crippen LogP contribution in [0.25, 0.3) is 22.1 Å². The van der Waals surface area contributed by atoms with Gasteiger partial charge < -0.3 is 14.2 Å². The van der Waals surface area contributed by atoms with Crippen LogP contribution in [0.3, 0.4) is 0 Å². The first-order valence-corrected chi connectivity index (χ1v) is 11.9. The van der Waals surface area contributed by atoms with E-state index in [4.69, 9.17) is 4.42 Å². The number of aromatic nitrogens is 2.